The first-order chi connectivity index (χ1) is 13.0. The average molecular weight is 397 g/mol. The van der Waals surface area contributed by atoms with Crippen molar-refractivity contribution in [1.82, 2.24) is 4.98 Å². The van der Waals surface area contributed by atoms with Crippen LogP contribution >= 0.6 is 22.9 Å². The van der Waals surface area contributed by atoms with Crippen LogP contribution in [0, 0.1) is 25.2 Å². The molecule has 3 aromatic rings. The molecule has 1 N–H and O–H groups in total. The number of aromatic nitrogens is 1. The summed E-state index contributed by atoms with van der Waals surface area (Å²) < 4.78 is 5.27. The lowest BCUT2D eigenvalue weighted by atomic mass is 10.1. The number of nitrogens with one attached hydrogen (secondary N) is 1. The van der Waals surface area contributed by atoms with Gasteiger partial charge in [0, 0.05) is 16.0 Å². The Kier molecular flexibility index (Phi) is 5.75. The Hall–Kier alpha value is -2.88. The van der Waals surface area contributed by atoms with Crippen molar-refractivity contribution >= 4 is 34.3 Å². The Morgan fingerprint density at radius 2 is 2.04 bits per heavy atom. The fourth-order valence-corrected chi connectivity index (χ4v) is 3.36. The maximum absolute atomic E-state index is 9.49. The van der Waals surface area contributed by atoms with E-state index in [1.54, 1.807) is 25.3 Å². The first kappa shape index (κ1) is 18.9. The van der Waals surface area contributed by atoms with Gasteiger partial charge in [-0.25, -0.2) is 4.98 Å². The van der Waals surface area contributed by atoms with Crippen LogP contribution in [0.3, 0.4) is 0 Å². The van der Waals surface area contributed by atoms with Crippen molar-refractivity contribution < 1.29 is 4.74 Å². The number of rotatable bonds is 5. The molecule has 3 rings (SSSR count). The fraction of sp³-hybridized carbons (Fsp3) is 0.150. The maximum Gasteiger partial charge on any atom is 0.196 e. The largest absolute Gasteiger partial charge is 0.495 e. The second kappa shape index (κ2) is 8.21. The number of aryl methyl sites for hydroxylation is 2. The van der Waals surface area contributed by atoms with Crippen molar-refractivity contribution in [2.24, 2.45) is 5.10 Å². The van der Waals surface area contributed by atoms with Gasteiger partial charge in [0.15, 0.2) is 10.7 Å². The molecule has 0 radical (unpaired) electrons. The molecule has 1 heterocycles. The van der Waals surface area contributed by atoms with Crippen molar-refractivity contribution in [1.29, 1.82) is 5.26 Å². The Morgan fingerprint density at radius 3 is 2.74 bits per heavy atom. The molecule has 0 fully saturated rings. The molecule has 0 atom stereocenters. The van der Waals surface area contributed by atoms with E-state index < -0.39 is 0 Å². The summed E-state index contributed by atoms with van der Waals surface area (Å²) in [5, 5.41) is 16.7. The van der Waals surface area contributed by atoms with Crippen molar-refractivity contribution in [3.8, 4) is 23.1 Å². The van der Waals surface area contributed by atoms with E-state index in [4.69, 9.17) is 16.3 Å². The first-order valence-electron chi connectivity index (χ1n) is 8.12. The van der Waals surface area contributed by atoms with E-state index in [1.165, 1.54) is 22.5 Å². The predicted octanol–water partition coefficient (Wildman–Crippen LogP) is 5.43. The molecule has 0 spiro atoms. The molecule has 27 heavy (non-hydrogen) atoms. The van der Waals surface area contributed by atoms with Crippen molar-refractivity contribution in [2.75, 3.05) is 12.5 Å². The second-order valence-electron chi connectivity index (χ2n) is 5.87. The van der Waals surface area contributed by atoms with Gasteiger partial charge in [-0.1, -0.05) is 23.7 Å². The number of benzene rings is 2. The molecule has 136 valence electrons. The van der Waals surface area contributed by atoms with E-state index in [2.05, 4.69) is 47.6 Å². The highest BCUT2D eigenvalue weighted by Crippen LogP contribution is 2.28. The molecular weight excluding hydrogens is 380 g/mol. The van der Waals surface area contributed by atoms with E-state index >= 15 is 0 Å². The topological polar surface area (TPSA) is 70.3 Å². The molecular formula is C20H17ClN4OS. The lowest BCUT2D eigenvalue weighted by Gasteiger charge is -2.07. The average Bonchev–Trinajstić information content (AvgIpc) is 3.14. The smallest absolute Gasteiger partial charge is 0.196 e. The van der Waals surface area contributed by atoms with Crippen molar-refractivity contribution in [3.63, 3.8) is 0 Å². The zero-order chi connectivity index (χ0) is 19.4. The third kappa shape index (κ3) is 4.27. The highest BCUT2D eigenvalue weighted by molar-refractivity contribution is 7.12. The minimum Gasteiger partial charge on any atom is -0.495 e. The lowest BCUT2D eigenvalue weighted by molar-refractivity contribution is 0.416. The minimum atomic E-state index is 0.192. The monoisotopic (exact) mass is 396 g/mol. The summed E-state index contributed by atoms with van der Waals surface area (Å²) in [4.78, 5) is 4.56. The van der Waals surface area contributed by atoms with Crippen LogP contribution in [0.15, 0.2) is 46.9 Å². The van der Waals surface area contributed by atoms with E-state index in [0.29, 0.717) is 21.5 Å². The summed E-state index contributed by atoms with van der Waals surface area (Å²) >= 11 is 7.39. The number of anilines is 1. The number of hydrogen-bond acceptors (Lipinski definition) is 6. The molecule has 7 heteroatoms. The van der Waals surface area contributed by atoms with Crippen LogP contribution in [-0.2, 0) is 0 Å². The Morgan fingerprint density at radius 1 is 1.22 bits per heavy atom. The third-order valence-corrected chi connectivity index (χ3v) is 5.15. The quantitative estimate of drug-likeness (QED) is 0.461. The van der Waals surface area contributed by atoms with E-state index in [9.17, 15) is 5.26 Å². The molecule has 0 saturated carbocycles. The number of hydrazone groups is 1. The number of thiazole rings is 1. The number of nitrogens with zero attached hydrogens (tertiary/aromatic N) is 3. The number of halogens is 1. The van der Waals surface area contributed by atoms with Crippen molar-refractivity contribution in [2.45, 2.75) is 13.8 Å². The Balaban J connectivity index is 1.87. The first-order valence-corrected chi connectivity index (χ1v) is 9.38. The van der Waals surface area contributed by atoms with Gasteiger partial charge in [-0.15, -0.1) is 11.3 Å². The van der Waals surface area contributed by atoms with Gasteiger partial charge < -0.3 is 4.74 Å². The van der Waals surface area contributed by atoms with Gasteiger partial charge in [0.05, 0.1) is 18.5 Å². The van der Waals surface area contributed by atoms with E-state index in [-0.39, 0.29) is 5.71 Å². The third-order valence-electron chi connectivity index (χ3n) is 4.07. The van der Waals surface area contributed by atoms with Crippen molar-refractivity contribution in [3.05, 3.63) is 62.9 Å². The van der Waals surface area contributed by atoms with Gasteiger partial charge in [0.1, 0.15) is 11.8 Å². The number of ether oxygens (including phenoxy) is 1. The Bertz CT molecular complexity index is 1050. The van der Waals surface area contributed by atoms with Crippen LogP contribution in [-0.4, -0.2) is 17.8 Å². The van der Waals surface area contributed by atoms with Crippen LogP contribution in [0.25, 0.3) is 11.3 Å². The highest BCUT2D eigenvalue weighted by atomic mass is 35.5. The lowest BCUT2D eigenvalue weighted by Crippen LogP contribution is -2.02. The standard InChI is InChI=1S/C20H17ClN4OS/c1-12-4-5-14(8-13(12)2)18-11-27-20(23-18)17(10-22)25-24-16-9-15(21)6-7-19(16)26-3/h4-9,11,24H,1-3H3/b25-17-. The Labute approximate surface area is 166 Å². The normalized spacial score (nSPS) is 11.1. The second-order valence-corrected chi connectivity index (χ2v) is 7.16. The summed E-state index contributed by atoms with van der Waals surface area (Å²) in [5.74, 6) is 0.579. The van der Waals surface area contributed by atoms with Gasteiger partial charge >= 0.3 is 0 Å². The van der Waals surface area contributed by atoms with Gasteiger partial charge in [0.25, 0.3) is 0 Å². The predicted molar refractivity (Wildman–Crippen MR) is 111 cm³/mol. The van der Waals surface area contributed by atoms with Crippen LogP contribution in [0.2, 0.25) is 5.02 Å². The molecule has 1 aromatic heterocycles. The van der Waals surface area contributed by atoms with Crippen LogP contribution in [0.5, 0.6) is 5.75 Å². The van der Waals surface area contributed by atoms with Crippen LogP contribution < -0.4 is 10.2 Å². The number of methoxy groups -OCH3 is 1. The molecule has 0 aliphatic heterocycles. The molecule has 0 bridgehead atoms. The number of nitriles is 1. The zero-order valence-electron chi connectivity index (χ0n) is 15.1. The van der Waals surface area contributed by atoms with Crippen LogP contribution in [0.1, 0.15) is 16.1 Å². The summed E-state index contributed by atoms with van der Waals surface area (Å²) in [5.41, 5.74) is 7.87. The molecule has 0 aliphatic carbocycles. The number of hydrogen-bond donors (Lipinski definition) is 1. The van der Waals surface area contributed by atoms with E-state index in [1.807, 2.05) is 11.4 Å². The van der Waals surface area contributed by atoms with Gasteiger partial charge in [0.2, 0.25) is 0 Å². The molecule has 5 nitrogen and oxygen atoms in total. The van der Waals surface area contributed by atoms with E-state index in [0.717, 1.165) is 11.3 Å². The molecule has 0 saturated heterocycles. The summed E-state index contributed by atoms with van der Waals surface area (Å²) in [6.07, 6.45) is 0. The summed E-state index contributed by atoms with van der Waals surface area (Å²) in [6, 6.07) is 13.4. The van der Waals surface area contributed by atoms with Crippen LogP contribution in [0.4, 0.5) is 5.69 Å². The fourth-order valence-electron chi connectivity index (χ4n) is 2.42. The van der Waals surface area contributed by atoms with Gasteiger partial charge in [-0.3, -0.25) is 5.43 Å². The molecule has 2 aromatic carbocycles. The van der Waals surface area contributed by atoms with Gasteiger partial charge in [-0.2, -0.15) is 10.4 Å². The SMILES string of the molecule is COc1ccc(Cl)cc1N/N=C(/C#N)c1nc(-c2ccc(C)c(C)c2)cs1. The zero-order valence-corrected chi connectivity index (χ0v) is 16.6. The maximum atomic E-state index is 9.49. The molecule has 0 amide bonds. The molecule has 0 unspecified atom stereocenters. The van der Waals surface area contributed by atoms with Gasteiger partial charge in [-0.05, 0) is 49.2 Å². The summed E-state index contributed by atoms with van der Waals surface area (Å²) in [6.45, 7) is 4.14. The highest BCUT2D eigenvalue weighted by Gasteiger charge is 2.12. The minimum absolute atomic E-state index is 0.192. The molecule has 0 aliphatic rings. The summed E-state index contributed by atoms with van der Waals surface area (Å²) in [7, 11) is 1.56.